The lowest BCUT2D eigenvalue weighted by atomic mass is 9.55. The van der Waals surface area contributed by atoms with E-state index in [0.29, 0.717) is 44.5 Å². The molecule has 0 heterocycles. The van der Waals surface area contributed by atoms with Crippen molar-refractivity contribution in [1.29, 1.82) is 0 Å². The predicted molar refractivity (Wildman–Crippen MR) is 176 cm³/mol. The largest absolute Gasteiger partial charge is 0.478 e. The Kier molecular flexibility index (Phi) is 9.26. The minimum atomic E-state index is -1.55. The van der Waals surface area contributed by atoms with Crippen molar-refractivity contribution in [3.05, 3.63) is 140 Å². The van der Waals surface area contributed by atoms with E-state index < -0.39 is 59.8 Å². The summed E-state index contributed by atoms with van der Waals surface area (Å²) in [6, 6.07) is 18.1. The normalized spacial score (nSPS) is 22.2. The fourth-order valence-electron chi connectivity index (χ4n) is 7.36. The highest BCUT2D eigenvalue weighted by Gasteiger charge is 2.53. The van der Waals surface area contributed by atoms with Crippen molar-refractivity contribution in [2.24, 2.45) is 0 Å². The summed E-state index contributed by atoms with van der Waals surface area (Å²) in [5.74, 6) is -8.58. The maximum absolute atomic E-state index is 12.3. The van der Waals surface area contributed by atoms with Crippen LogP contribution in [0.2, 0.25) is 0 Å². The van der Waals surface area contributed by atoms with Crippen LogP contribution in [-0.4, -0.2) is 66.7 Å². The van der Waals surface area contributed by atoms with E-state index in [1.807, 2.05) is 0 Å². The number of benzene rings is 4. The molecule has 10 nitrogen and oxygen atoms in total. The molecule has 1 saturated carbocycles. The molecule has 10 heteroatoms. The molecule has 6 N–H and O–H groups in total. The number of carboxylic acids is 4. The maximum Gasteiger partial charge on any atom is 0.335 e. The van der Waals surface area contributed by atoms with Crippen LogP contribution in [-0.2, 0) is 0 Å². The standard InChI is InChI=1S/C38H36O10/c1-17-5-9-21(35(41)42)13-25(17)29-30(26-14-22(36(43)44)10-6-18(26)2)32(28-16-24(38(47)48)12-8-20(28)4)34(40)33(39)31(29)27-15-23(37(45)46)11-7-19(27)3/h5-16,29-34,39-40H,1-4H3,(H,41,42)(H,43,44)(H,45,46)(H,47,48)/t29-,30-,31-,32-,33-,34+/m1/s1. The molecule has 1 fully saturated rings. The molecule has 5 rings (SSSR count). The van der Waals surface area contributed by atoms with Crippen LogP contribution in [0.5, 0.6) is 0 Å². The summed E-state index contributed by atoms with van der Waals surface area (Å²) < 4.78 is 0. The number of rotatable bonds is 8. The first-order chi connectivity index (χ1) is 22.6. The van der Waals surface area contributed by atoms with Crippen LogP contribution >= 0.6 is 0 Å². The first-order valence-electron chi connectivity index (χ1n) is 15.3. The van der Waals surface area contributed by atoms with E-state index in [4.69, 9.17) is 0 Å². The average molecular weight is 653 g/mol. The second-order valence-electron chi connectivity index (χ2n) is 12.6. The minimum Gasteiger partial charge on any atom is -0.478 e. The zero-order valence-electron chi connectivity index (χ0n) is 26.7. The molecule has 0 aliphatic heterocycles. The van der Waals surface area contributed by atoms with Gasteiger partial charge in [0.05, 0.1) is 34.5 Å². The number of aliphatic hydroxyl groups is 2. The summed E-state index contributed by atoms with van der Waals surface area (Å²) in [5.41, 5.74) is 4.16. The van der Waals surface area contributed by atoms with Crippen LogP contribution in [0.15, 0.2) is 72.8 Å². The molecule has 0 amide bonds. The van der Waals surface area contributed by atoms with E-state index in [9.17, 15) is 49.8 Å². The Morgan fingerprint density at radius 2 is 0.604 bits per heavy atom. The number of carboxylic acid groups (broad SMARTS) is 4. The Morgan fingerprint density at radius 1 is 0.396 bits per heavy atom. The Labute approximate surface area is 276 Å². The minimum absolute atomic E-state index is 0.0404. The van der Waals surface area contributed by atoms with Crippen LogP contribution in [0.1, 0.15) is 110 Å². The lowest BCUT2D eigenvalue weighted by molar-refractivity contribution is -0.0520. The zero-order chi connectivity index (χ0) is 35.2. The number of aromatic carboxylic acids is 4. The molecular formula is C38H36O10. The Morgan fingerprint density at radius 3 is 0.812 bits per heavy atom. The second-order valence-corrected chi connectivity index (χ2v) is 12.6. The topological polar surface area (TPSA) is 190 Å². The highest BCUT2D eigenvalue weighted by Crippen LogP contribution is 2.59. The van der Waals surface area contributed by atoms with Gasteiger partial charge in [-0.05, 0) is 121 Å². The van der Waals surface area contributed by atoms with Crippen molar-refractivity contribution in [3.63, 3.8) is 0 Å². The lowest BCUT2D eigenvalue weighted by Gasteiger charge is -2.51. The summed E-state index contributed by atoms with van der Waals surface area (Å²) in [6.45, 7) is 7.04. The summed E-state index contributed by atoms with van der Waals surface area (Å²) >= 11 is 0. The van der Waals surface area contributed by atoms with Crippen LogP contribution in [0.3, 0.4) is 0 Å². The first kappa shape index (κ1) is 34.0. The lowest BCUT2D eigenvalue weighted by Crippen LogP contribution is -2.49. The molecule has 0 radical (unpaired) electrons. The molecule has 1 aliphatic carbocycles. The molecule has 6 atom stereocenters. The molecule has 48 heavy (non-hydrogen) atoms. The van der Waals surface area contributed by atoms with Gasteiger partial charge in [-0.3, -0.25) is 0 Å². The van der Waals surface area contributed by atoms with Gasteiger partial charge in [-0.25, -0.2) is 19.2 Å². The van der Waals surface area contributed by atoms with Crippen LogP contribution in [0.25, 0.3) is 0 Å². The molecule has 0 saturated heterocycles. The van der Waals surface area contributed by atoms with Crippen molar-refractivity contribution in [1.82, 2.24) is 0 Å². The number of hydrogen-bond acceptors (Lipinski definition) is 6. The third-order valence-corrected chi connectivity index (χ3v) is 9.79. The number of hydrogen-bond donors (Lipinski definition) is 6. The smallest absolute Gasteiger partial charge is 0.335 e. The highest BCUT2D eigenvalue weighted by molar-refractivity contribution is 5.90. The monoisotopic (exact) mass is 652 g/mol. The molecule has 0 unspecified atom stereocenters. The van der Waals surface area contributed by atoms with Gasteiger partial charge < -0.3 is 30.6 Å². The maximum atomic E-state index is 12.3. The predicted octanol–water partition coefficient (Wildman–Crippen LogP) is 5.88. The molecular weight excluding hydrogens is 616 g/mol. The van der Waals surface area contributed by atoms with Crippen LogP contribution < -0.4 is 0 Å². The molecule has 4 aromatic carbocycles. The van der Waals surface area contributed by atoms with Gasteiger partial charge in [-0.1, -0.05) is 24.3 Å². The Bertz CT molecular complexity index is 1820. The third kappa shape index (κ3) is 6.08. The van der Waals surface area contributed by atoms with E-state index in [0.717, 1.165) is 0 Å². The van der Waals surface area contributed by atoms with Gasteiger partial charge in [0.2, 0.25) is 0 Å². The van der Waals surface area contributed by atoms with Gasteiger partial charge in [-0.2, -0.15) is 0 Å². The highest BCUT2D eigenvalue weighted by atomic mass is 16.4. The average Bonchev–Trinajstić information content (AvgIpc) is 3.03. The van der Waals surface area contributed by atoms with Gasteiger partial charge in [0.1, 0.15) is 0 Å². The summed E-state index contributed by atoms with van der Waals surface area (Å²) in [4.78, 5) is 48.8. The molecule has 4 aromatic rings. The fraction of sp³-hybridized carbons (Fsp3) is 0.263. The van der Waals surface area contributed by atoms with E-state index in [-0.39, 0.29) is 22.3 Å². The molecule has 0 aromatic heterocycles. The summed E-state index contributed by atoms with van der Waals surface area (Å²) in [5, 5.41) is 64.2. The first-order valence-corrected chi connectivity index (χ1v) is 15.3. The number of aliphatic hydroxyl groups excluding tert-OH is 2. The molecule has 0 bridgehead atoms. The number of aryl methyl sites for hydroxylation is 4. The molecule has 1 aliphatic rings. The van der Waals surface area contributed by atoms with Gasteiger partial charge in [-0.15, -0.1) is 0 Å². The number of carbonyl (C=O) groups is 4. The van der Waals surface area contributed by atoms with Crippen molar-refractivity contribution in [2.75, 3.05) is 0 Å². The second kappa shape index (κ2) is 13.1. The third-order valence-electron chi connectivity index (χ3n) is 9.79. The van der Waals surface area contributed by atoms with Gasteiger partial charge >= 0.3 is 23.9 Å². The summed E-state index contributed by atoms with van der Waals surface area (Å²) in [7, 11) is 0. The van der Waals surface area contributed by atoms with E-state index >= 15 is 0 Å². The van der Waals surface area contributed by atoms with E-state index in [2.05, 4.69) is 0 Å². The molecule has 248 valence electrons. The van der Waals surface area contributed by atoms with Crippen LogP contribution in [0, 0.1) is 27.7 Å². The van der Waals surface area contributed by atoms with E-state index in [1.165, 1.54) is 48.5 Å². The van der Waals surface area contributed by atoms with Crippen molar-refractivity contribution in [2.45, 2.75) is 63.6 Å². The molecule has 0 spiro atoms. The Hall–Kier alpha value is -5.32. The van der Waals surface area contributed by atoms with Gasteiger partial charge in [0.25, 0.3) is 0 Å². The van der Waals surface area contributed by atoms with Gasteiger partial charge in [0, 0.05) is 23.7 Å². The fourth-order valence-corrected chi connectivity index (χ4v) is 7.36. The van der Waals surface area contributed by atoms with Crippen molar-refractivity contribution >= 4 is 23.9 Å². The summed E-state index contributed by atoms with van der Waals surface area (Å²) in [6.07, 6.45) is -3.11. The Balaban J connectivity index is 1.96. The van der Waals surface area contributed by atoms with Gasteiger partial charge in [0.15, 0.2) is 0 Å². The zero-order valence-corrected chi connectivity index (χ0v) is 26.7. The SMILES string of the molecule is Cc1ccc(C(=O)O)cc1[C@@H]1[C@@H](c2cc(C(=O)O)ccc2C)[C@@H](c2cc(C(=O)O)ccc2C)[C@@H](O)[C@@H](O)[C@@H]1c1cc(C(=O)O)ccc1C. The quantitative estimate of drug-likeness (QED) is 0.134. The van der Waals surface area contributed by atoms with Crippen molar-refractivity contribution in [3.8, 4) is 0 Å². The van der Waals surface area contributed by atoms with Crippen LogP contribution in [0.4, 0.5) is 0 Å². The van der Waals surface area contributed by atoms with Crippen molar-refractivity contribution < 1.29 is 49.8 Å². The van der Waals surface area contributed by atoms with E-state index in [1.54, 1.807) is 52.0 Å².